The topological polar surface area (TPSA) is 79.8 Å². The van der Waals surface area contributed by atoms with Crippen LogP contribution in [0.3, 0.4) is 0 Å². The Morgan fingerprint density at radius 1 is 1.28 bits per heavy atom. The van der Waals surface area contributed by atoms with Gasteiger partial charge in [0.2, 0.25) is 0 Å². The lowest BCUT2D eigenvalue weighted by Crippen LogP contribution is -2.30. The summed E-state index contributed by atoms with van der Waals surface area (Å²) in [6.07, 6.45) is 4.02. The van der Waals surface area contributed by atoms with Crippen molar-refractivity contribution in [2.24, 2.45) is 7.05 Å². The Labute approximate surface area is 145 Å². The van der Waals surface area contributed by atoms with Crippen LogP contribution in [-0.4, -0.2) is 20.4 Å². The van der Waals surface area contributed by atoms with Crippen molar-refractivity contribution in [2.45, 2.75) is 19.4 Å². The Morgan fingerprint density at radius 2 is 2.04 bits per heavy atom. The average molecular weight is 336 g/mol. The van der Waals surface area contributed by atoms with E-state index in [1.165, 1.54) is 10.6 Å². The number of aromatic nitrogens is 3. The number of amides is 1. The van der Waals surface area contributed by atoms with Crippen LogP contribution in [0, 0.1) is 0 Å². The number of imidazole rings is 1. The van der Waals surface area contributed by atoms with Crippen molar-refractivity contribution >= 4 is 5.91 Å². The molecule has 0 saturated heterocycles. The largest absolute Gasteiger partial charge is 0.342 e. The fourth-order valence-electron chi connectivity index (χ4n) is 2.57. The number of nitrogens with one attached hydrogen (secondary N) is 2. The van der Waals surface area contributed by atoms with Gasteiger partial charge in [-0.3, -0.25) is 9.59 Å². The van der Waals surface area contributed by atoms with Crippen LogP contribution in [0.2, 0.25) is 0 Å². The summed E-state index contributed by atoms with van der Waals surface area (Å²) in [4.78, 5) is 31.8. The van der Waals surface area contributed by atoms with Gasteiger partial charge in [-0.25, -0.2) is 4.98 Å². The molecule has 25 heavy (non-hydrogen) atoms. The number of benzene rings is 1. The van der Waals surface area contributed by atoms with E-state index in [-0.39, 0.29) is 17.5 Å². The zero-order valence-electron chi connectivity index (χ0n) is 14.2. The van der Waals surface area contributed by atoms with E-state index in [9.17, 15) is 9.59 Å². The Kier molecular flexibility index (Phi) is 4.79. The third-order valence-electron chi connectivity index (χ3n) is 4.09. The van der Waals surface area contributed by atoms with Crippen LogP contribution in [-0.2, 0) is 7.05 Å². The van der Waals surface area contributed by atoms with Gasteiger partial charge in [0, 0.05) is 24.9 Å². The van der Waals surface area contributed by atoms with Crippen LogP contribution in [0.5, 0.6) is 0 Å². The lowest BCUT2D eigenvalue weighted by molar-refractivity contribution is 0.0933. The van der Waals surface area contributed by atoms with Crippen molar-refractivity contribution in [3.63, 3.8) is 0 Å². The number of H-pyrrole nitrogens is 1. The van der Waals surface area contributed by atoms with Crippen LogP contribution in [0.4, 0.5) is 0 Å². The highest BCUT2D eigenvalue weighted by molar-refractivity contribution is 5.94. The molecule has 0 aliphatic carbocycles. The summed E-state index contributed by atoms with van der Waals surface area (Å²) < 4.78 is 1.42. The molecule has 0 spiro atoms. The van der Waals surface area contributed by atoms with Gasteiger partial charge in [-0.1, -0.05) is 37.3 Å². The quantitative estimate of drug-likeness (QED) is 0.752. The first-order valence-electron chi connectivity index (χ1n) is 8.16. The highest BCUT2D eigenvalue weighted by atomic mass is 16.2. The summed E-state index contributed by atoms with van der Waals surface area (Å²) in [7, 11) is 1.65. The van der Waals surface area contributed by atoms with E-state index in [4.69, 9.17) is 0 Å². The summed E-state index contributed by atoms with van der Waals surface area (Å²) in [6.45, 7) is 1.97. The second-order valence-electron chi connectivity index (χ2n) is 5.85. The number of rotatable bonds is 5. The summed E-state index contributed by atoms with van der Waals surface area (Å²) in [6, 6.07) is 12.6. The fourth-order valence-corrected chi connectivity index (χ4v) is 2.57. The third kappa shape index (κ3) is 3.68. The molecule has 0 aliphatic rings. The highest BCUT2D eigenvalue weighted by Crippen LogP contribution is 2.20. The monoisotopic (exact) mass is 336 g/mol. The molecular weight excluding hydrogens is 316 g/mol. The average Bonchev–Trinajstić information content (AvgIpc) is 3.12. The number of hydrogen-bond donors (Lipinski definition) is 2. The van der Waals surface area contributed by atoms with Gasteiger partial charge < -0.3 is 14.9 Å². The van der Waals surface area contributed by atoms with Crippen molar-refractivity contribution in [1.29, 1.82) is 0 Å². The lowest BCUT2D eigenvalue weighted by Gasteiger charge is -2.15. The van der Waals surface area contributed by atoms with Crippen LogP contribution < -0.4 is 10.9 Å². The maximum Gasteiger partial charge on any atom is 0.252 e. The van der Waals surface area contributed by atoms with E-state index in [1.54, 1.807) is 25.5 Å². The van der Waals surface area contributed by atoms with Crippen molar-refractivity contribution in [1.82, 2.24) is 19.9 Å². The maximum absolute atomic E-state index is 12.4. The zero-order valence-corrected chi connectivity index (χ0v) is 14.2. The van der Waals surface area contributed by atoms with E-state index < -0.39 is 0 Å². The minimum Gasteiger partial charge on any atom is -0.342 e. The van der Waals surface area contributed by atoms with Crippen LogP contribution in [0.25, 0.3) is 11.3 Å². The van der Waals surface area contributed by atoms with Gasteiger partial charge in [0.25, 0.3) is 11.5 Å². The first-order chi connectivity index (χ1) is 12.1. The summed E-state index contributed by atoms with van der Waals surface area (Å²) in [5.74, 6) is 0.403. The van der Waals surface area contributed by atoms with Crippen LogP contribution in [0.15, 0.2) is 59.7 Å². The molecule has 6 heteroatoms. The molecule has 128 valence electrons. The third-order valence-corrected chi connectivity index (χ3v) is 4.09. The number of pyridine rings is 1. The van der Waals surface area contributed by atoms with Gasteiger partial charge in [-0.2, -0.15) is 0 Å². The molecule has 0 aliphatic heterocycles. The Hall–Kier alpha value is -3.15. The zero-order chi connectivity index (χ0) is 17.8. The first-order valence-corrected chi connectivity index (χ1v) is 8.16. The predicted octanol–water partition coefficient (Wildman–Crippen LogP) is 2.66. The fraction of sp³-hybridized carbons (Fsp3) is 0.211. The summed E-state index contributed by atoms with van der Waals surface area (Å²) >= 11 is 0. The number of hydrogen-bond acceptors (Lipinski definition) is 3. The van der Waals surface area contributed by atoms with Gasteiger partial charge in [0.1, 0.15) is 5.82 Å². The summed E-state index contributed by atoms with van der Waals surface area (Å²) in [5, 5.41) is 2.93. The Bertz CT molecular complexity index is 928. The van der Waals surface area contributed by atoms with E-state index in [0.29, 0.717) is 17.8 Å². The second kappa shape index (κ2) is 7.17. The molecule has 1 aromatic carbocycles. The van der Waals surface area contributed by atoms with Gasteiger partial charge in [-0.15, -0.1) is 0 Å². The minimum atomic E-state index is -0.290. The number of carbonyl (C=O) groups excluding carboxylic acids is 1. The molecule has 2 N–H and O–H groups in total. The number of nitrogens with zero attached hydrogens (tertiary/aromatic N) is 2. The second-order valence-corrected chi connectivity index (χ2v) is 5.85. The molecule has 3 aromatic rings. The summed E-state index contributed by atoms with van der Waals surface area (Å²) in [5.41, 5.74) is 2.06. The number of aryl methyl sites for hydroxylation is 1. The molecule has 1 atom stereocenters. The molecule has 2 aromatic heterocycles. The van der Waals surface area contributed by atoms with E-state index in [0.717, 1.165) is 11.3 Å². The standard InChI is InChI=1S/C19H20N4O2/c1-3-15(22-19(25)14-9-10-23(2)17(24)11-14)18-20-12-16(21-18)13-7-5-4-6-8-13/h4-12,15H,3H2,1-2H3,(H,20,21)(H,22,25). The number of carbonyl (C=O) groups is 1. The normalized spacial score (nSPS) is 11.9. The Balaban J connectivity index is 1.78. The van der Waals surface area contributed by atoms with E-state index in [1.807, 2.05) is 37.3 Å². The predicted molar refractivity (Wildman–Crippen MR) is 96.2 cm³/mol. The van der Waals surface area contributed by atoms with Gasteiger partial charge >= 0.3 is 0 Å². The van der Waals surface area contributed by atoms with Gasteiger partial charge in [-0.05, 0) is 18.1 Å². The molecular formula is C19H20N4O2. The SMILES string of the molecule is CCC(NC(=O)c1ccn(C)c(=O)c1)c1ncc(-c2ccccc2)[nH]1. The molecule has 1 unspecified atom stereocenters. The van der Waals surface area contributed by atoms with Crippen molar-refractivity contribution in [3.8, 4) is 11.3 Å². The molecule has 0 radical (unpaired) electrons. The van der Waals surface area contributed by atoms with E-state index in [2.05, 4.69) is 15.3 Å². The lowest BCUT2D eigenvalue weighted by atomic mass is 10.1. The minimum absolute atomic E-state index is 0.218. The van der Waals surface area contributed by atoms with Crippen LogP contribution >= 0.6 is 0 Å². The Morgan fingerprint density at radius 3 is 2.72 bits per heavy atom. The smallest absolute Gasteiger partial charge is 0.252 e. The number of aromatic amines is 1. The molecule has 6 nitrogen and oxygen atoms in total. The molecule has 1 amide bonds. The first kappa shape index (κ1) is 16.7. The van der Waals surface area contributed by atoms with Crippen molar-refractivity contribution in [3.05, 3.63) is 76.6 Å². The van der Waals surface area contributed by atoms with Gasteiger partial charge in [0.15, 0.2) is 0 Å². The highest BCUT2D eigenvalue weighted by Gasteiger charge is 2.17. The van der Waals surface area contributed by atoms with Crippen LogP contribution in [0.1, 0.15) is 35.6 Å². The van der Waals surface area contributed by atoms with E-state index >= 15 is 0 Å². The maximum atomic E-state index is 12.4. The van der Waals surface area contributed by atoms with Crippen molar-refractivity contribution < 1.29 is 4.79 Å². The molecule has 0 bridgehead atoms. The molecule has 0 saturated carbocycles. The molecule has 2 heterocycles. The molecule has 0 fully saturated rings. The van der Waals surface area contributed by atoms with Crippen molar-refractivity contribution in [2.75, 3.05) is 0 Å². The van der Waals surface area contributed by atoms with Gasteiger partial charge in [0.05, 0.1) is 17.9 Å². The molecule has 3 rings (SSSR count).